The maximum atomic E-state index is 12.2. The second-order valence-electron chi connectivity index (χ2n) is 4.53. The summed E-state index contributed by atoms with van der Waals surface area (Å²) in [6, 6.07) is 13.0. The number of nitrogens with one attached hydrogen (secondary N) is 1. The minimum atomic E-state index is -0.373. The molecule has 0 radical (unpaired) electrons. The Bertz CT molecular complexity index is 825. The van der Waals surface area contributed by atoms with Gasteiger partial charge in [-0.2, -0.15) is 0 Å². The van der Waals surface area contributed by atoms with Crippen LogP contribution in [0, 0.1) is 0 Å². The van der Waals surface area contributed by atoms with Gasteiger partial charge in [0.2, 0.25) is 0 Å². The Labute approximate surface area is 120 Å². The third-order valence-corrected chi connectivity index (χ3v) is 3.13. The zero-order valence-electron chi connectivity index (χ0n) is 10.9. The molecule has 0 bridgehead atoms. The predicted octanol–water partition coefficient (Wildman–Crippen LogP) is 2.90. The normalized spacial score (nSPS) is 10.5. The largest absolute Gasteiger partial charge is 0.504 e. The lowest BCUT2D eigenvalue weighted by atomic mass is 10.1. The molecule has 0 saturated carbocycles. The molecule has 5 nitrogen and oxygen atoms in total. The van der Waals surface area contributed by atoms with Gasteiger partial charge < -0.3 is 15.5 Å². The molecule has 0 atom stereocenters. The number of hydrogen-bond donors (Lipinski definition) is 3. The fourth-order valence-electron chi connectivity index (χ4n) is 2.07. The number of amides is 1. The molecule has 3 rings (SSSR count). The summed E-state index contributed by atoms with van der Waals surface area (Å²) in [5.74, 6) is -0.968. The van der Waals surface area contributed by atoms with E-state index in [1.54, 1.807) is 24.4 Å². The molecule has 1 aromatic heterocycles. The Balaban J connectivity index is 1.94. The molecule has 3 aromatic rings. The highest BCUT2D eigenvalue weighted by molar-refractivity contribution is 6.08. The van der Waals surface area contributed by atoms with Crippen molar-refractivity contribution in [2.24, 2.45) is 0 Å². The van der Waals surface area contributed by atoms with E-state index in [0.717, 1.165) is 10.9 Å². The molecule has 3 N–H and O–H groups in total. The van der Waals surface area contributed by atoms with Gasteiger partial charge in [0.25, 0.3) is 5.91 Å². The van der Waals surface area contributed by atoms with Gasteiger partial charge in [-0.1, -0.05) is 6.07 Å². The van der Waals surface area contributed by atoms with E-state index in [1.165, 1.54) is 18.2 Å². The molecule has 0 saturated heterocycles. The van der Waals surface area contributed by atoms with Crippen LogP contribution in [0.3, 0.4) is 0 Å². The summed E-state index contributed by atoms with van der Waals surface area (Å²) in [4.78, 5) is 16.4. The molecule has 21 heavy (non-hydrogen) atoms. The van der Waals surface area contributed by atoms with E-state index in [-0.39, 0.29) is 23.0 Å². The van der Waals surface area contributed by atoms with E-state index in [4.69, 9.17) is 0 Å². The van der Waals surface area contributed by atoms with E-state index in [2.05, 4.69) is 10.3 Å². The van der Waals surface area contributed by atoms with Crippen LogP contribution in [0.25, 0.3) is 10.9 Å². The van der Waals surface area contributed by atoms with Crippen molar-refractivity contribution < 1.29 is 15.0 Å². The van der Waals surface area contributed by atoms with Crippen LogP contribution in [-0.4, -0.2) is 21.1 Å². The molecule has 0 aliphatic rings. The lowest BCUT2D eigenvalue weighted by Gasteiger charge is -2.08. The molecule has 2 aromatic carbocycles. The predicted molar refractivity (Wildman–Crippen MR) is 79.5 cm³/mol. The topological polar surface area (TPSA) is 82.5 Å². The highest BCUT2D eigenvalue weighted by atomic mass is 16.3. The summed E-state index contributed by atoms with van der Waals surface area (Å²) < 4.78 is 0. The van der Waals surface area contributed by atoms with Crippen molar-refractivity contribution in [2.45, 2.75) is 0 Å². The number of nitrogens with zero attached hydrogens (tertiary/aromatic N) is 1. The van der Waals surface area contributed by atoms with E-state index >= 15 is 0 Å². The molecule has 0 unspecified atom stereocenters. The maximum Gasteiger partial charge on any atom is 0.255 e. The van der Waals surface area contributed by atoms with Crippen molar-refractivity contribution in [3.8, 4) is 11.5 Å². The first-order chi connectivity index (χ1) is 10.1. The number of phenols is 2. The van der Waals surface area contributed by atoms with Crippen LogP contribution in [0.2, 0.25) is 0 Å². The van der Waals surface area contributed by atoms with Crippen LogP contribution < -0.4 is 5.32 Å². The Kier molecular flexibility index (Phi) is 3.16. The van der Waals surface area contributed by atoms with Crippen molar-refractivity contribution in [1.82, 2.24) is 4.98 Å². The molecular formula is C16H12N2O3. The van der Waals surface area contributed by atoms with E-state index in [0.29, 0.717) is 5.69 Å². The lowest BCUT2D eigenvalue weighted by Crippen LogP contribution is -2.12. The second-order valence-corrected chi connectivity index (χ2v) is 4.53. The molecule has 0 spiro atoms. The van der Waals surface area contributed by atoms with Gasteiger partial charge in [-0.25, -0.2) is 0 Å². The van der Waals surface area contributed by atoms with Crippen LogP contribution >= 0.6 is 0 Å². The fourth-order valence-corrected chi connectivity index (χ4v) is 2.07. The summed E-state index contributed by atoms with van der Waals surface area (Å²) in [5.41, 5.74) is 1.67. The molecule has 104 valence electrons. The number of carbonyl (C=O) groups excluding carboxylic acids is 1. The zero-order valence-corrected chi connectivity index (χ0v) is 10.9. The van der Waals surface area contributed by atoms with Gasteiger partial charge in [-0.05, 0) is 42.5 Å². The first-order valence-electron chi connectivity index (χ1n) is 6.32. The second kappa shape index (κ2) is 5.13. The van der Waals surface area contributed by atoms with Crippen molar-refractivity contribution >= 4 is 22.5 Å². The Hall–Kier alpha value is -3.08. The number of phenolic OH excluding ortho intramolecular Hbond substituents is 2. The van der Waals surface area contributed by atoms with Gasteiger partial charge >= 0.3 is 0 Å². The number of aromatic nitrogens is 1. The Morgan fingerprint density at radius 2 is 1.86 bits per heavy atom. The van der Waals surface area contributed by atoms with Crippen LogP contribution in [-0.2, 0) is 0 Å². The number of aromatic hydroxyl groups is 2. The molecule has 1 heterocycles. The van der Waals surface area contributed by atoms with Gasteiger partial charge in [0, 0.05) is 17.1 Å². The quantitative estimate of drug-likeness (QED) is 0.630. The SMILES string of the molecule is O=C(Nc1cccc2ncccc12)c1ccc(O)c(O)c1. The standard InChI is InChI=1S/C16H12N2O3/c19-14-7-6-10(9-15(14)20)16(21)18-13-5-1-4-12-11(13)3-2-8-17-12/h1-9,19-20H,(H,18,21). The first-order valence-corrected chi connectivity index (χ1v) is 6.32. The summed E-state index contributed by atoms with van der Waals surface area (Å²) >= 11 is 0. The van der Waals surface area contributed by atoms with Crippen LogP contribution in [0.4, 0.5) is 5.69 Å². The molecule has 0 aliphatic heterocycles. The van der Waals surface area contributed by atoms with Gasteiger partial charge in [0.05, 0.1) is 11.2 Å². The molecule has 5 heteroatoms. The van der Waals surface area contributed by atoms with Gasteiger partial charge in [-0.15, -0.1) is 0 Å². The third kappa shape index (κ3) is 2.49. The first kappa shape index (κ1) is 12.9. The number of hydrogen-bond acceptors (Lipinski definition) is 4. The van der Waals surface area contributed by atoms with E-state index in [9.17, 15) is 15.0 Å². The monoisotopic (exact) mass is 280 g/mol. The van der Waals surface area contributed by atoms with Crippen LogP contribution in [0.15, 0.2) is 54.7 Å². The molecule has 1 amide bonds. The van der Waals surface area contributed by atoms with Crippen molar-refractivity contribution in [3.05, 3.63) is 60.3 Å². The lowest BCUT2D eigenvalue weighted by molar-refractivity contribution is 0.102. The van der Waals surface area contributed by atoms with Gasteiger partial charge in [0.1, 0.15) is 0 Å². The summed E-state index contributed by atoms with van der Waals surface area (Å²) in [6.07, 6.45) is 1.69. The number of benzene rings is 2. The number of pyridine rings is 1. The maximum absolute atomic E-state index is 12.2. The van der Waals surface area contributed by atoms with Crippen molar-refractivity contribution in [2.75, 3.05) is 5.32 Å². The fraction of sp³-hybridized carbons (Fsp3) is 0. The van der Waals surface area contributed by atoms with Crippen LogP contribution in [0.1, 0.15) is 10.4 Å². The number of anilines is 1. The molecule has 0 fully saturated rings. The smallest absolute Gasteiger partial charge is 0.255 e. The highest BCUT2D eigenvalue weighted by Gasteiger charge is 2.10. The highest BCUT2D eigenvalue weighted by Crippen LogP contribution is 2.26. The van der Waals surface area contributed by atoms with Gasteiger partial charge in [-0.3, -0.25) is 9.78 Å². The van der Waals surface area contributed by atoms with E-state index < -0.39 is 0 Å². The van der Waals surface area contributed by atoms with Gasteiger partial charge in [0.15, 0.2) is 11.5 Å². The summed E-state index contributed by atoms with van der Waals surface area (Å²) in [5, 5.41) is 22.3. The van der Waals surface area contributed by atoms with Crippen molar-refractivity contribution in [3.63, 3.8) is 0 Å². The third-order valence-electron chi connectivity index (χ3n) is 3.13. The summed E-state index contributed by atoms with van der Waals surface area (Å²) in [7, 11) is 0. The average Bonchev–Trinajstić information content (AvgIpc) is 2.50. The Morgan fingerprint density at radius 3 is 2.67 bits per heavy atom. The molecule has 0 aliphatic carbocycles. The van der Waals surface area contributed by atoms with Crippen LogP contribution in [0.5, 0.6) is 11.5 Å². The zero-order chi connectivity index (χ0) is 14.8. The summed E-state index contributed by atoms with van der Waals surface area (Å²) in [6.45, 7) is 0. The minimum absolute atomic E-state index is 0.256. The molecular weight excluding hydrogens is 268 g/mol. The van der Waals surface area contributed by atoms with Crippen molar-refractivity contribution in [1.29, 1.82) is 0 Å². The minimum Gasteiger partial charge on any atom is -0.504 e. The average molecular weight is 280 g/mol. The number of fused-ring (bicyclic) bond motifs is 1. The number of rotatable bonds is 2. The van der Waals surface area contributed by atoms with E-state index in [1.807, 2.05) is 12.1 Å². The Morgan fingerprint density at radius 1 is 1.00 bits per heavy atom. The number of carbonyl (C=O) groups is 1.